The van der Waals surface area contributed by atoms with Crippen LogP contribution in [-0.4, -0.2) is 27.8 Å². The molecule has 1 aromatic rings. The summed E-state index contributed by atoms with van der Waals surface area (Å²) in [5.41, 5.74) is 5.84. The molecule has 0 amide bonds. The van der Waals surface area contributed by atoms with E-state index in [0.717, 1.165) is 12.3 Å². The second-order valence-electron chi connectivity index (χ2n) is 5.03. The molecular formula is C13H21FN2O2S. The molecule has 0 saturated heterocycles. The predicted molar refractivity (Wildman–Crippen MR) is 75.4 cm³/mol. The summed E-state index contributed by atoms with van der Waals surface area (Å²) in [5, 5.41) is 2.94. The summed E-state index contributed by atoms with van der Waals surface area (Å²) in [5.74, 6) is 0.117. The van der Waals surface area contributed by atoms with Crippen molar-refractivity contribution in [2.75, 3.05) is 24.7 Å². The van der Waals surface area contributed by atoms with E-state index in [4.69, 9.17) is 5.73 Å². The Kier molecular flexibility index (Phi) is 5.31. The average Bonchev–Trinajstić information content (AvgIpc) is 2.30. The lowest BCUT2D eigenvalue weighted by Crippen LogP contribution is -2.27. The number of halogens is 1. The van der Waals surface area contributed by atoms with E-state index in [1.54, 1.807) is 0 Å². The highest BCUT2D eigenvalue weighted by atomic mass is 32.2. The van der Waals surface area contributed by atoms with E-state index >= 15 is 0 Å². The van der Waals surface area contributed by atoms with Gasteiger partial charge in [-0.3, -0.25) is 0 Å². The monoisotopic (exact) mass is 288 g/mol. The van der Waals surface area contributed by atoms with Gasteiger partial charge in [-0.1, -0.05) is 13.8 Å². The Bertz CT molecular complexity index is 529. The van der Waals surface area contributed by atoms with Crippen LogP contribution in [0.25, 0.3) is 0 Å². The number of hydrogen-bond donors (Lipinski definition) is 2. The zero-order valence-corrected chi connectivity index (χ0v) is 12.3. The van der Waals surface area contributed by atoms with E-state index in [1.165, 1.54) is 12.1 Å². The van der Waals surface area contributed by atoms with Gasteiger partial charge in [-0.05, 0) is 36.6 Å². The van der Waals surface area contributed by atoms with Crippen LogP contribution in [0.5, 0.6) is 0 Å². The van der Waals surface area contributed by atoms with Gasteiger partial charge in [0.25, 0.3) is 0 Å². The largest absolute Gasteiger partial charge is 0.382 e. The van der Waals surface area contributed by atoms with Gasteiger partial charge in [0.05, 0.1) is 10.6 Å². The zero-order chi connectivity index (χ0) is 14.6. The third-order valence-corrected chi connectivity index (χ3v) is 4.28. The highest BCUT2D eigenvalue weighted by molar-refractivity contribution is 7.90. The van der Waals surface area contributed by atoms with E-state index < -0.39 is 15.7 Å². The molecule has 0 aliphatic heterocycles. The fourth-order valence-corrected chi connectivity index (χ4v) is 2.35. The molecule has 3 N–H and O–H groups in total. The Morgan fingerprint density at radius 2 is 2.00 bits per heavy atom. The highest BCUT2D eigenvalue weighted by Gasteiger charge is 2.14. The molecule has 0 fully saturated rings. The molecule has 1 unspecified atom stereocenters. The number of sulfone groups is 1. The Labute approximate surface area is 114 Å². The van der Waals surface area contributed by atoms with Crippen LogP contribution in [0.4, 0.5) is 10.1 Å². The van der Waals surface area contributed by atoms with Crippen molar-refractivity contribution in [3.63, 3.8) is 0 Å². The number of benzene rings is 1. The van der Waals surface area contributed by atoms with E-state index in [9.17, 15) is 12.8 Å². The number of hydrogen-bond acceptors (Lipinski definition) is 4. The first-order valence-corrected chi connectivity index (χ1v) is 8.08. The first kappa shape index (κ1) is 15.9. The summed E-state index contributed by atoms with van der Waals surface area (Å²) in [6.07, 6.45) is 1.10. The minimum absolute atomic E-state index is 0.102. The van der Waals surface area contributed by atoms with Crippen LogP contribution in [0.1, 0.15) is 13.8 Å². The molecule has 6 heteroatoms. The minimum Gasteiger partial charge on any atom is -0.382 e. The summed E-state index contributed by atoms with van der Waals surface area (Å²) < 4.78 is 36.5. The number of rotatable bonds is 6. The van der Waals surface area contributed by atoms with Gasteiger partial charge in [-0.15, -0.1) is 0 Å². The SMILES string of the molecule is CC(C)C(CN)CNc1cc(S(C)(=O)=O)ccc1F. The topological polar surface area (TPSA) is 72.2 Å². The van der Waals surface area contributed by atoms with Crippen molar-refractivity contribution in [1.82, 2.24) is 0 Å². The van der Waals surface area contributed by atoms with Gasteiger partial charge in [-0.25, -0.2) is 12.8 Å². The smallest absolute Gasteiger partial charge is 0.175 e. The van der Waals surface area contributed by atoms with Crippen LogP contribution in [0.15, 0.2) is 23.1 Å². The van der Waals surface area contributed by atoms with Crippen molar-refractivity contribution >= 4 is 15.5 Å². The fraction of sp³-hybridized carbons (Fsp3) is 0.538. The first-order valence-electron chi connectivity index (χ1n) is 6.19. The lowest BCUT2D eigenvalue weighted by Gasteiger charge is -2.20. The molecule has 1 aromatic carbocycles. The molecule has 0 aromatic heterocycles. The fourth-order valence-electron chi connectivity index (χ4n) is 1.70. The molecular weight excluding hydrogens is 267 g/mol. The van der Waals surface area contributed by atoms with Crippen LogP contribution in [0.3, 0.4) is 0 Å². The molecule has 1 rings (SSSR count). The Morgan fingerprint density at radius 1 is 1.37 bits per heavy atom. The second-order valence-corrected chi connectivity index (χ2v) is 7.05. The van der Waals surface area contributed by atoms with Crippen molar-refractivity contribution < 1.29 is 12.8 Å². The van der Waals surface area contributed by atoms with Gasteiger partial charge in [-0.2, -0.15) is 0 Å². The maximum Gasteiger partial charge on any atom is 0.175 e. The molecule has 0 bridgehead atoms. The summed E-state index contributed by atoms with van der Waals surface area (Å²) >= 11 is 0. The predicted octanol–water partition coefficient (Wildman–Crippen LogP) is 1.87. The van der Waals surface area contributed by atoms with Gasteiger partial charge < -0.3 is 11.1 Å². The van der Waals surface area contributed by atoms with E-state index in [2.05, 4.69) is 5.32 Å². The molecule has 0 aliphatic rings. The van der Waals surface area contributed by atoms with Gasteiger partial charge in [0.15, 0.2) is 9.84 Å². The van der Waals surface area contributed by atoms with Crippen molar-refractivity contribution in [1.29, 1.82) is 0 Å². The first-order chi connectivity index (χ1) is 8.75. The van der Waals surface area contributed by atoms with E-state index in [0.29, 0.717) is 19.0 Å². The molecule has 108 valence electrons. The average molecular weight is 288 g/mol. The Hall–Kier alpha value is -1.14. The van der Waals surface area contributed by atoms with Crippen LogP contribution < -0.4 is 11.1 Å². The van der Waals surface area contributed by atoms with Gasteiger partial charge in [0.1, 0.15) is 5.82 Å². The highest BCUT2D eigenvalue weighted by Crippen LogP contribution is 2.20. The van der Waals surface area contributed by atoms with E-state index in [1.807, 2.05) is 13.8 Å². The third kappa shape index (κ3) is 4.47. The Balaban J connectivity index is 2.89. The Morgan fingerprint density at radius 3 is 2.47 bits per heavy atom. The normalized spacial score (nSPS) is 13.6. The van der Waals surface area contributed by atoms with Crippen molar-refractivity contribution in [2.24, 2.45) is 17.6 Å². The minimum atomic E-state index is -3.33. The van der Waals surface area contributed by atoms with Gasteiger partial charge in [0.2, 0.25) is 0 Å². The molecule has 0 spiro atoms. The van der Waals surface area contributed by atoms with Crippen molar-refractivity contribution in [3.8, 4) is 0 Å². The summed E-state index contributed by atoms with van der Waals surface area (Å²) in [4.78, 5) is 0.102. The summed E-state index contributed by atoms with van der Waals surface area (Å²) in [7, 11) is -3.33. The molecule has 0 radical (unpaired) electrons. The van der Waals surface area contributed by atoms with Crippen LogP contribution in [0, 0.1) is 17.7 Å². The number of anilines is 1. The number of nitrogens with one attached hydrogen (secondary N) is 1. The molecule has 0 saturated carbocycles. The molecule has 4 nitrogen and oxygen atoms in total. The van der Waals surface area contributed by atoms with Crippen molar-refractivity contribution in [3.05, 3.63) is 24.0 Å². The maximum absolute atomic E-state index is 13.6. The van der Waals surface area contributed by atoms with Crippen molar-refractivity contribution in [2.45, 2.75) is 18.7 Å². The summed E-state index contributed by atoms with van der Waals surface area (Å²) in [6.45, 7) is 5.10. The standard InChI is InChI=1S/C13H21FN2O2S/c1-9(2)10(7-15)8-16-13-6-11(19(3,17)18)4-5-12(13)14/h4-6,9-10,16H,7-8,15H2,1-3H3. The lowest BCUT2D eigenvalue weighted by atomic mass is 9.96. The second kappa shape index (κ2) is 6.34. The summed E-state index contributed by atoms with van der Waals surface area (Å²) in [6, 6.07) is 3.74. The third-order valence-electron chi connectivity index (χ3n) is 3.17. The number of nitrogens with two attached hydrogens (primary N) is 1. The van der Waals surface area contributed by atoms with Gasteiger partial charge in [0, 0.05) is 12.8 Å². The zero-order valence-electron chi connectivity index (χ0n) is 11.5. The molecule has 0 aliphatic carbocycles. The molecule has 1 atom stereocenters. The van der Waals surface area contributed by atoms with Crippen LogP contribution in [-0.2, 0) is 9.84 Å². The lowest BCUT2D eigenvalue weighted by molar-refractivity contribution is 0.412. The molecule has 19 heavy (non-hydrogen) atoms. The molecule has 0 heterocycles. The maximum atomic E-state index is 13.6. The van der Waals surface area contributed by atoms with Crippen LogP contribution in [0.2, 0.25) is 0 Å². The quantitative estimate of drug-likeness (QED) is 0.784. The van der Waals surface area contributed by atoms with Crippen LogP contribution >= 0.6 is 0 Å². The van der Waals surface area contributed by atoms with E-state index in [-0.39, 0.29) is 16.5 Å². The van der Waals surface area contributed by atoms with Gasteiger partial charge >= 0.3 is 0 Å².